The minimum Gasteiger partial charge on any atom is -0.338 e. The van der Waals surface area contributed by atoms with Gasteiger partial charge in [-0.05, 0) is 49.7 Å². The standard InChI is InChI=1S/C25H32N6O/c1-21-11-13-27-31(21)24-10-5-9-23(19-24)28-25(32)26-12-6-14-29-15-17-30(18-16-29)20-22-7-3-2-4-8-22/h2-5,7-11,13,19H,6,12,14-18,20H2,1H3,(H2,26,28,32). The largest absolute Gasteiger partial charge is 0.338 e. The summed E-state index contributed by atoms with van der Waals surface area (Å²) in [5.74, 6) is 0. The summed E-state index contributed by atoms with van der Waals surface area (Å²) in [6.07, 6.45) is 2.71. The van der Waals surface area contributed by atoms with Gasteiger partial charge in [-0.2, -0.15) is 5.10 Å². The number of carbonyl (C=O) groups is 1. The van der Waals surface area contributed by atoms with E-state index in [4.69, 9.17) is 0 Å². The van der Waals surface area contributed by atoms with E-state index in [0.717, 1.165) is 62.8 Å². The molecule has 2 heterocycles. The second-order valence-corrected chi connectivity index (χ2v) is 8.27. The van der Waals surface area contributed by atoms with Crippen molar-refractivity contribution in [3.05, 3.63) is 78.1 Å². The van der Waals surface area contributed by atoms with Crippen LogP contribution in [0.2, 0.25) is 0 Å². The number of hydrogen-bond acceptors (Lipinski definition) is 4. The Morgan fingerprint density at radius 1 is 0.969 bits per heavy atom. The van der Waals surface area contributed by atoms with Crippen molar-refractivity contribution in [1.29, 1.82) is 0 Å². The average molecular weight is 433 g/mol. The highest BCUT2D eigenvalue weighted by atomic mass is 16.2. The van der Waals surface area contributed by atoms with Crippen LogP contribution in [0.1, 0.15) is 17.7 Å². The molecular formula is C25H32N6O. The Morgan fingerprint density at radius 3 is 2.50 bits per heavy atom. The maximum absolute atomic E-state index is 12.3. The number of amides is 2. The van der Waals surface area contributed by atoms with E-state index in [2.05, 4.69) is 55.9 Å². The molecule has 1 fully saturated rings. The maximum Gasteiger partial charge on any atom is 0.319 e. The van der Waals surface area contributed by atoms with E-state index in [-0.39, 0.29) is 6.03 Å². The Labute approximate surface area is 190 Å². The fraction of sp³-hybridized carbons (Fsp3) is 0.360. The molecule has 0 atom stereocenters. The third-order valence-corrected chi connectivity index (χ3v) is 5.83. The lowest BCUT2D eigenvalue weighted by molar-refractivity contribution is 0.126. The fourth-order valence-corrected chi connectivity index (χ4v) is 4.05. The molecule has 0 unspecified atom stereocenters. The van der Waals surface area contributed by atoms with Crippen LogP contribution < -0.4 is 10.6 Å². The molecule has 0 radical (unpaired) electrons. The normalized spacial score (nSPS) is 14.9. The van der Waals surface area contributed by atoms with Crippen molar-refractivity contribution < 1.29 is 4.79 Å². The fourth-order valence-electron chi connectivity index (χ4n) is 4.05. The Hall–Kier alpha value is -3.16. The van der Waals surface area contributed by atoms with E-state index in [1.54, 1.807) is 6.20 Å². The van der Waals surface area contributed by atoms with E-state index >= 15 is 0 Å². The Morgan fingerprint density at radius 2 is 1.75 bits per heavy atom. The molecule has 4 rings (SSSR count). The Bertz CT molecular complexity index is 994. The molecule has 0 saturated carbocycles. The highest BCUT2D eigenvalue weighted by molar-refractivity contribution is 5.89. The van der Waals surface area contributed by atoms with Crippen LogP contribution in [0, 0.1) is 6.92 Å². The molecule has 0 aliphatic carbocycles. The second-order valence-electron chi connectivity index (χ2n) is 8.27. The lowest BCUT2D eigenvalue weighted by Gasteiger charge is -2.34. The van der Waals surface area contributed by atoms with Gasteiger partial charge in [-0.3, -0.25) is 4.90 Å². The van der Waals surface area contributed by atoms with Crippen LogP contribution in [0.4, 0.5) is 10.5 Å². The monoisotopic (exact) mass is 432 g/mol. The van der Waals surface area contributed by atoms with Crippen LogP contribution in [-0.2, 0) is 6.54 Å². The first-order valence-electron chi connectivity index (χ1n) is 11.3. The summed E-state index contributed by atoms with van der Waals surface area (Å²) in [6, 6.07) is 20.1. The van der Waals surface area contributed by atoms with Crippen molar-refractivity contribution in [3.8, 4) is 5.69 Å². The van der Waals surface area contributed by atoms with Gasteiger partial charge in [0.25, 0.3) is 0 Å². The first kappa shape index (κ1) is 22.0. The van der Waals surface area contributed by atoms with Crippen molar-refractivity contribution in [1.82, 2.24) is 24.9 Å². The third-order valence-electron chi connectivity index (χ3n) is 5.83. The summed E-state index contributed by atoms with van der Waals surface area (Å²) in [5, 5.41) is 10.2. The molecule has 2 amide bonds. The van der Waals surface area contributed by atoms with Crippen LogP contribution in [0.25, 0.3) is 5.69 Å². The maximum atomic E-state index is 12.3. The number of piperazine rings is 1. The number of nitrogens with zero attached hydrogens (tertiary/aromatic N) is 4. The zero-order valence-electron chi connectivity index (χ0n) is 18.7. The van der Waals surface area contributed by atoms with Gasteiger partial charge in [0.15, 0.2) is 0 Å². The lowest BCUT2D eigenvalue weighted by Crippen LogP contribution is -2.46. The predicted molar refractivity (Wildman–Crippen MR) is 128 cm³/mol. The summed E-state index contributed by atoms with van der Waals surface area (Å²) < 4.78 is 1.85. The van der Waals surface area contributed by atoms with Gasteiger partial charge in [0.1, 0.15) is 0 Å². The summed E-state index contributed by atoms with van der Waals surface area (Å²) in [6.45, 7) is 9.04. The third kappa shape index (κ3) is 6.18. The van der Waals surface area contributed by atoms with Crippen molar-refractivity contribution in [2.45, 2.75) is 19.9 Å². The smallest absolute Gasteiger partial charge is 0.319 e. The van der Waals surface area contributed by atoms with Crippen LogP contribution >= 0.6 is 0 Å². The molecule has 2 aromatic carbocycles. The van der Waals surface area contributed by atoms with Crippen LogP contribution in [0.5, 0.6) is 0 Å². The van der Waals surface area contributed by atoms with Gasteiger partial charge in [-0.25, -0.2) is 9.48 Å². The topological polar surface area (TPSA) is 65.4 Å². The van der Waals surface area contributed by atoms with E-state index < -0.39 is 0 Å². The molecule has 7 nitrogen and oxygen atoms in total. The molecule has 0 bridgehead atoms. The number of benzene rings is 2. The first-order chi connectivity index (χ1) is 15.7. The molecular weight excluding hydrogens is 400 g/mol. The van der Waals surface area contributed by atoms with E-state index in [0.29, 0.717) is 6.54 Å². The van der Waals surface area contributed by atoms with Gasteiger partial charge < -0.3 is 15.5 Å². The minimum absolute atomic E-state index is 0.174. The SMILES string of the molecule is Cc1ccnn1-c1cccc(NC(=O)NCCCN2CCN(Cc3ccccc3)CC2)c1. The highest BCUT2D eigenvalue weighted by Crippen LogP contribution is 2.15. The Balaban J connectivity index is 1.13. The van der Waals surface area contributed by atoms with Crippen molar-refractivity contribution in [3.63, 3.8) is 0 Å². The molecule has 3 aromatic rings. The van der Waals surface area contributed by atoms with Gasteiger partial charge in [0.2, 0.25) is 0 Å². The average Bonchev–Trinajstić information content (AvgIpc) is 3.24. The predicted octanol–water partition coefficient (Wildman–Crippen LogP) is 3.51. The molecule has 1 aromatic heterocycles. The van der Waals surface area contributed by atoms with Crippen LogP contribution in [-0.4, -0.2) is 64.9 Å². The number of hydrogen-bond donors (Lipinski definition) is 2. The van der Waals surface area contributed by atoms with Gasteiger partial charge in [0, 0.05) is 56.8 Å². The molecule has 7 heteroatoms. The zero-order valence-corrected chi connectivity index (χ0v) is 18.7. The molecule has 168 valence electrons. The minimum atomic E-state index is -0.174. The number of anilines is 1. The quantitative estimate of drug-likeness (QED) is 0.535. The number of urea groups is 1. The summed E-state index contributed by atoms with van der Waals surface area (Å²) in [5.41, 5.74) is 4.11. The number of aromatic nitrogens is 2. The summed E-state index contributed by atoms with van der Waals surface area (Å²) >= 11 is 0. The molecule has 1 saturated heterocycles. The van der Waals surface area contributed by atoms with Crippen LogP contribution in [0.3, 0.4) is 0 Å². The summed E-state index contributed by atoms with van der Waals surface area (Å²) in [4.78, 5) is 17.3. The highest BCUT2D eigenvalue weighted by Gasteiger charge is 2.16. The van der Waals surface area contributed by atoms with E-state index in [1.165, 1.54) is 5.56 Å². The summed E-state index contributed by atoms with van der Waals surface area (Å²) in [7, 11) is 0. The van der Waals surface area contributed by atoms with Crippen molar-refractivity contribution >= 4 is 11.7 Å². The number of carbonyl (C=O) groups excluding carboxylic acids is 1. The molecule has 0 spiro atoms. The Kier molecular flexibility index (Phi) is 7.53. The van der Waals surface area contributed by atoms with E-state index in [1.807, 2.05) is 41.9 Å². The molecule has 2 N–H and O–H groups in total. The number of nitrogens with one attached hydrogen (secondary N) is 2. The molecule has 32 heavy (non-hydrogen) atoms. The van der Waals surface area contributed by atoms with Crippen molar-refractivity contribution in [2.24, 2.45) is 0 Å². The molecule has 1 aliphatic rings. The van der Waals surface area contributed by atoms with Gasteiger partial charge in [-0.15, -0.1) is 0 Å². The van der Waals surface area contributed by atoms with Gasteiger partial charge in [0.05, 0.1) is 5.69 Å². The zero-order chi connectivity index (χ0) is 22.2. The van der Waals surface area contributed by atoms with E-state index in [9.17, 15) is 4.79 Å². The molecule has 1 aliphatic heterocycles. The number of aryl methyl sites for hydroxylation is 1. The van der Waals surface area contributed by atoms with Gasteiger partial charge >= 0.3 is 6.03 Å². The first-order valence-corrected chi connectivity index (χ1v) is 11.3. The van der Waals surface area contributed by atoms with Crippen molar-refractivity contribution in [2.75, 3.05) is 44.6 Å². The van der Waals surface area contributed by atoms with Gasteiger partial charge in [-0.1, -0.05) is 36.4 Å². The number of rotatable bonds is 8. The second kappa shape index (κ2) is 10.9. The van der Waals surface area contributed by atoms with Crippen LogP contribution in [0.15, 0.2) is 66.9 Å². The lowest BCUT2D eigenvalue weighted by atomic mass is 10.2.